The molecule has 1 fully saturated rings. The maximum absolute atomic E-state index is 12.8. The molecule has 0 unspecified atom stereocenters. The van der Waals surface area contributed by atoms with Crippen molar-refractivity contribution in [2.45, 2.75) is 32.2 Å². The van der Waals surface area contributed by atoms with Crippen molar-refractivity contribution in [1.29, 1.82) is 0 Å². The van der Waals surface area contributed by atoms with Gasteiger partial charge in [-0.3, -0.25) is 14.8 Å². The number of aromatic amines is 1. The highest BCUT2D eigenvalue weighted by molar-refractivity contribution is 5.96. The van der Waals surface area contributed by atoms with E-state index in [9.17, 15) is 4.79 Å². The third kappa shape index (κ3) is 2.63. The van der Waals surface area contributed by atoms with E-state index >= 15 is 0 Å². The third-order valence-electron chi connectivity index (χ3n) is 4.80. The van der Waals surface area contributed by atoms with Crippen LogP contribution in [-0.4, -0.2) is 45.6 Å². The molecule has 1 aromatic heterocycles. The van der Waals surface area contributed by atoms with E-state index in [1.807, 2.05) is 30.0 Å². The Balaban J connectivity index is 1.48. The number of benzene rings is 1. The smallest absolute Gasteiger partial charge is 0.241 e. The lowest BCUT2D eigenvalue weighted by atomic mass is 10.2. The van der Waals surface area contributed by atoms with Crippen molar-refractivity contribution in [1.82, 2.24) is 20.1 Å². The summed E-state index contributed by atoms with van der Waals surface area (Å²) in [5.41, 5.74) is 2.34. The molecule has 6 heteroatoms. The van der Waals surface area contributed by atoms with Crippen molar-refractivity contribution in [2.24, 2.45) is 0 Å². The number of para-hydroxylation sites is 1. The fourth-order valence-corrected chi connectivity index (χ4v) is 3.67. The van der Waals surface area contributed by atoms with Gasteiger partial charge in [0.25, 0.3) is 0 Å². The molecule has 2 aliphatic rings. The summed E-state index contributed by atoms with van der Waals surface area (Å²) >= 11 is 0. The molecule has 4 rings (SSSR count). The molecule has 2 aliphatic heterocycles. The Morgan fingerprint density at radius 2 is 2.22 bits per heavy atom. The number of carbonyl (C=O) groups excluding carboxylic acids is 1. The van der Waals surface area contributed by atoms with Crippen LogP contribution >= 0.6 is 0 Å². The van der Waals surface area contributed by atoms with Crippen LogP contribution in [0.4, 0.5) is 5.69 Å². The van der Waals surface area contributed by atoms with Crippen molar-refractivity contribution in [3.63, 3.8) is 0 Å². The summed E-state index contributed by atoms with van der Waals surface area (Å²) in [6.07, 6.45) is 3.05. The van der Waals surface area contributed by atoms with Crippen LogP contribution in [0, 0.1) is 6.92 Å². The van der Waals surface area contributed by atoms with Crippen LogP contribution in [0.2, 0.25) is 0 Å². The van der Waals surface area contributed by atoms with Crippen LogP contribution in [0.15, 0.2) is 24.3 Å². The highest BCUT2D eigenvalue weighted by Crippen LogP contribution is 2.31. The number of fused-ring (bicyclic) bond motifs is 1. The SMILES string of the molecule is Cc1nc([C@H]2CCCN2CC(=O)N2CCc3ccccc32)n[nH]1. The Kier molecular flexibility index (Phi) is 3.61. The summed E-state index contributed by atoms with van der Waals surface area (Å²) in [7, 11) is 0. The first-order valence-corrected chi connectivity index (χ1v) is 8.23. The summed E-state index contributed by atoms with van der Waals surface area (Å²) in [6.45, 7) is 4.06. The van der Waals surface area contributed by atoms with Crippen molar-refractivity contribution >= 4 is 11.6 Å². The van der Waals surface area contributed by atoms with E-state index in [4.69, 9.17) is 0 Å². The minimum Gasteiger partial charge on any atom is -0.311 e. The van der Waals surface area contributed by atoms with Gasteiger partial charge in [0.1, 0.15) is 5.82 Å². The zero-order chi connectivity index (χ0) is 15.8. The van der Waals surface area contributed by atoms with Gasteiger partial charge in [-0.05, 0) is 44.4 Å². The van der Waals surface area contributed by atoms with Crippen molar-refractivity contribution in [3.8, 4) is 0 Å². The molecular weight excluding hydrogens is 290 g/mol. The number of nitrogens with zero attached hydrogens (tertiary/aromatic N) is 4. The van der Waals surface area contributed by atoms with E-state index in [0.29, 0.717) is 6.54 Å². The highest BCUT2D eigenvalue weighted by atomic mass is 16.2. The van der Waals surface area contributed by atoms with Gasteiger partial charge in [0.2, 0.25) is 5.91 Å². The van der Waals surface area contributed by atoms with E-state index in [1.54, 1.807) is 0 Å². The summed E-state index contributed by atoms with van der Waals surface area (Å²) in [5, 5.41) is 7.19. The molecule has 1 saturated heterocycles. The molecule has 6 nitrogen and oxygen atoms in total. The van der Waals surface area contributed by atoms with Gasteiger partial charge >= 0.3 is 0 Å². The second kappa shape index (κ2) is 5.77. The van der Waals surface area contributed by atoms with Crippen LogP contribution in [0.5, 0.6) is 0 Å². The average Bonchev–Trinajstić information content (AvgIpc) is 3.25. The molecule has 23 heavy (non-hydrogen) atoms. The first-order valence-electron chi connectivity index (χ1n) is 8.23. The molecule has 1 amide bonds. The summed E-state index contributed by atoms with van der Waals surface area (Å²) in [5.74, 6) is 1.82. The number of hydrogen-bond acceptors (Lipinski definition) is 4. The second-order valence-electron chi connectivity index (χ2n) is 6.33. The number of hydrogen-bond donors (Lipinski definition) is 1. The number of H-pyrrole nitrogens is 1. The van der Waals surface area contributed by atoms with E-state index in [1.165, 1.54) is 5.56 Å². The van der Waals surface area contributed by atoms with Crippen molar-refractivity contribution in [3.05, 3.63) is 41.5 Å². The second-order valence-corrected chi connectivity index (χ2v) is 6.33. The Hall–Kier alpha value is -2.21. The molecule has 0 radical (unpaired) electrons. The lowest BCUT2D eigenvalue weighted by Gasteiger charge is -2.25. The highest BCUT2D eigenvalue weighted by Gasteiger charge is 2.33. The fourth-order valence-electron chi connectivity index (χ4n) is 3.67. The van der Waals surface area contributed by atoms with Gasteiger partial charge in [-0.2, -0.15) is 5.10 Å². The summed E-state index contributed by atoms with van der Waals surface area (Å²) < 4.78 is 0. The Labute approximate surface area is 135 Å². The maximum atomic E-state index is 12.8. The van der Waals surface area contributed by atoms with Gasteiger partial charge in [-0.25, -0.2) is 4.98 Å². The monoisotopic (exact) mass is 311 g/mol. The van der Waals surface area contributed by atoms with E-state index in [2.05, 4.69) is 26.1 Å². The van der Waals surface area contributed by atoms with Crippen LogP contribution in [-0.2, 0) is 11.2 Å². The minimum absolute atomic E-state index is 0.154. The van der Waals surface area contributed by atoms with E-state index < -0.39 is 0 Å². The van der Waals surface area contributed by atoms with Crippen LogP contribution < -0.4 is 4.90 Å². The van der Waals surface area contributed by atoms with Crippen LogP contribution in [0.25, 0.3) is 0 Å². The number of anilines is 1. The summed E-state index contributed by atoms with van der Waals surface area (Å²) in [4.78, 5) is 21.4. The molecule has 0 aliphatic carbocycles. The number of nitrogens with one attached hydrogen (secondary N) is 1. The normalized spacial score (nSPS) is 20.9. The molecule has 1 atom stereocenters. The van der Waals surface area contributed by atoms with Gasteiger partial charge < -0.3 is 4.90 Å². The van der Waals surface area contributed by atoms with Crippen molar-refractivity contribution in [2.75, 3.05) is 24.5 Å². The Bertz CT molecular complexity index is 725. The molecule has 1 N–H and O–H groups in total. The van der Waals surface area contributed by atoms with Gasteiger partial charge in [-0.15, -0.1) is 0 Å². The lowest BCUT2D eigenvalue weighted by Crippen LogP contribution is -2.39. The number of amides is 1. The molecule has 0 saturated carbocycles. The van der Waals surface area contributed by atoms with E-state index in [0.717, 1.165) is 49.7 Å². The molecule has 0 spiro atoms. The van der Waals surface area contributed by atoms with Crippen LogP contribution in [0.3, 0.4) is 0 Å². The first-order chi connectivity index (χ1) is 11.2. The lowest BCUT2D eigenvalue weighted by molar-refractivity contribution is -0.119. The Morgan fingerprint density at radius 1 is 1.35 bits per heavy atom. The van der Waals surface area contributed by atoms with Gasteiger partial charge in [0.15, 0.2) is 5.82 Å². The molecule has 2 aromatic rings. The number of rotatable bonds is 3. The number of aryl methyl sites for hydroxylation is 1. The topological polar surface area (TPSA) is 65.1 Å². The Morgan fingerprint density at radius 3 is 3.04 bits per heavy atom. The fraction of sp³-hybridized carbons (Fsp3) is 0.471. The predicted molar refractivity (Wildman–Crippen MR) is 87.2 cm³/mol. The van der Waals surface area contributed by atoms with E-state index in [-0.39, 0.29) is 11.9 Å². The minimum atomic E-state index is 0.154. The predicted octanol–water partition coefficient (Wildman–Crippen LogP) is 1.84. The molecular formula is C17H21N5O. The number of carbonyl (C=O) groups is 1. The maximum Gasteiger partial charge on any atom is 0.241 e. The van der Waals surface area contributed by atoms with Crippen molar-refractivity contribution < 1.29 is 4.79 Å². The zero-order valence-electron chi connectivity index (χ0n) is 13.3. The molecule has 1 aromatic carbocycles. The quantitative estimate of drug-likeness (QED) is 0.939. The largest absolute Gasteiger partial charge is 0.311 e. The molecule has 3 heterocycles. The van der Waals surface area contributed by atoms with Gasteiger partial charge in [-0.1, -0.05) is 18.2 Å². The third-order valence-corrected chi connectivity index (χ3v) is 4.80. The standard InChI is InChI=1S/C17H21N5O/c1-12-18-17(20-19-12)15-7-4-9-21(15)11-16(23)22-10-8-13-5-2-3-6-14(13)22/h2-3,5-6,15H,4,7-11H2,1H3,(H,18,19,20)/t15-/m1/s1. The number of likely N-dealkylation sites (tertiary alicyclic amines) is 1. The van der Waals surface area contributed by atoms with Gasteiger partial charge in [0, 0.05) is 12.2 Å². The zero-order valence-corrected chi connectivity index (χ0v) is 13.3. The van der Waals surface area contributed by atoms with Gasteiger partial charge in [0.05, 0.1) is 12.6 Å². The summed E-state index contributed by atoms with van der Waals surface area (Å²) in [6, 6.07) is 8.34. The average molecular weight is 311 g/mol. The first kappa shape index (κ1) is 14.4. The molecule has 0 bridgehead atoms. The molecule has 120 valence electrons. The van der Waals surface area contributed by atoms with Crippen LogP contribution in [0.1, 0.15) is 36.1 Å². The number of aromatic nitrogens is 3.